The summed E-state index contributed by atoms with van der Waals surface area (Å²) >= 11 is 0. The SMILES string of the molecule is CCNC(C)CC(=O)Nc1cccc2ccc(C)nc12. The standard InChI is InChI=1S/C16H21N3O/c1-4-17-12(3)10-15(20)19-14-7-5-6-13-9-8-11(2)18-16(13)14/h5-9,12,17H,4,10H2,1-3H3,(H,19,20). The molecule has 1 aromatic heterocycles. The van der Waals surface area contributed by atoms with Gasteiger partial charge < -0.3 is 10.6 Å². The van der Waals surface area contributed by atoms with Gasteiger partial charge in [-0.15, -0.1) is 0 Å². The maximum absolute atomic E-state index is 12.0. The molecular weight excluding hydrogens is 250 g/mol. The first-order chi connectivity index (χ1) is 9.60. The highest BCUT2D eigenvalue weighted by atomic mass is 16.1. The topological polar surface area (TPSA) is 54.0 Å². The van der Waals surface area contributed by atoms with E-state index in [2.05, 4.69) is 15.6 Å². The van der Waals surface area contributed by atoms with Gasteiger partial charge in [0.15, 0.2) is 0 Å². The number of aromatic nitrogens is 1. The summed E-state index contributed by atoms with van der Waals surface area (Å²) in [5.41, 5.74) is 2.57. The van der Waals surface area contributed by atoms with Gasteiger partial charge in [-0.2, -0.15) is 0 Å². The Labute approximate surface area is 119 Å². The molecule has 0 aliphatic rings. The highest BCUT2D eigenvalue weighted by Gasteiger charge is 2.10. The van der Waals surface area contributed by atoms with Crippen LogP contribution in [0, 0.1) is 6.92 Å². The molecule has 2 N–H and O–H groups in total. The summed E-state index contributed by atoms with van der Waals surface area (Å²) in [7, 11) is 0. The quantitative estimate of drug-likeness (QED) is 0.879. The summed E-state index contributed by atoms with van der Waals surface area (Å²) in [6, 6.07) is 9.99. The molecule has 1 amide bonds. The van der Waals surface area contributed by atoms with Crippen LogP contribution in [0.1, 0.15) is 26.0 Å². The molecule has 2 rings (SSSR count). The van der Waals surface area contributed by atoms with Crippen LogP contribution in [-0.2, 0) is 4.79 Å². The lowest BCUT2D eigenvalue weighted by atomic mass is 10.1. The Balaban J connectivity index is 2.17. The number of para-hydroxylation sites is 1. The fourth-order valence-corrected chi connectivity index (χ4v) is 2.25. The fraction of sp³-hybridized carbons (Fsp3) is 0.375. The molecule has 4 heteroatoms. The zero-order valence-electron chi connectivity index (χ0n) is 12.2. The van der Waals surface area contributed by atoms with Crippen LogP contribution >= 0.6 is 0 Å². The molecule has 0 aliphatic heterocycles. The minimum absolute atomic E-state index is 0.00857. The molecule has 1 atom stereocenters. The number of nitrogens with one attached hydrogen (secondary N) is 2. The number of carbonyl (C=O) groups excluding carboxylic acids is 1. The van der Waals surface area contributed by atoms with Crippen LogP contribution in [0.3, 0.4) is 0 Å². The lowest BCUT2D eigenvalue weighted by molar-refractivity contribution is -0.116. The largest absolute Gasteiger partial charge is 0.324 e. The Morgan fingerprint density at radius 2 is 2.10 bits per heavy atom. The third-order valence-corrected chi connectivity index (χ3v) is 3.18. The summed E-state index contributed by atoms with van der Waals surface area (Å²) in [6.45, 7) is 6.86. The number of benzene rings is 1. The van der Waals surface area contributed by atoms with Crippen LogP contribution in [0.5, 0.6) is 0 Å². The van der Waals surface area contributed by atoms with Gasteiger partial charge in [0.05, 0.1) is 11.2 Å². The summed E-state index contributed by atoms with van der Waals surface area (Å²) in [5.74, 6) is 0.00857. The first-order valence-corrected chi connectivity index (χ1v) is 6.99. The van der Waals surface area contributed by atoms with Crippen molar-refractivity contribution in [2.75, 3.05) is 11.9 Å². The maximum Gasteiger partial charge on any atom is 0.225 e. The van der Waals surface area contributed by atoms with Crippen molar-refractivity contribution in [1.82, 2.24) is 10.3 Å². The zero-order valence-corrected chi connectivity index (χ0v) is 12.2. The molecule has 1 aromatic carbocycles. The average Bonchev–Trinajstić information content (AvgIpc) is 2.39. The maximum atomic E-state index is 12.0. The number of aryl methyl sites for hydroxylation is 1. The van der Waals surface area contributed by atoms with E-state index >= 15 is 0 Å². The molecule has 0 aliphatic carbocycles. The van der Waals surface area contributed by atoms with E-state index in [0.29, 0.717) is 6.42 Å². The normalized spacial score (nSPS) is 12.3. The molecule has 0 bridgehead atoms. The molecule has 0 fully saturated rings. The van der Waals surface area contributed by atoms with Crippen LogP contribution in [0.4, 0.5) is 5.69 Å². The van der Waals surface area contributed by atoms with E-state index in [1.54, 1.807) is 0 Å². The summed E-state index contributed by atoms with van der Waals surface area (Å²) in [6.07, 6.45) is 0.454. The predicted molar refractivity (Wildman–Crippen MR) is 82.9 cm³/mol. The molecule has 1 heterocycles. The Hall–Kier alpha value is -1.94. The van der Waals surface area contributed by atoms with Crippen molar-refractivity contribution in [3.8, 4) is 0 Å². The summed E-state index contributed by atoms with van der Waals surface area (Å²) < 4.78 is 0. The van der Waals surface area contributed by atoms with Crippen LogP contribution in [0.2, 0.25) is 0 Å². The van der Waals surface area contributed by atoms with Crippen molar-refractivity contribution in [2.45, 2.75) is 33.2 Å². The minimum atomic E-state index is 0.00857. The number of hydrogen-bond donors (Lipinski definition) is 2. The van der Waals surface area contributed by atoms with E-state index < -0.39 is 0 Å². The Bertz CT molecular complexity index is 610. The third kappa shape index (κ3) is 3.54. The second-order valence-corrected chi connectivity index (χ2v) is 5.04. The molecule has 0 spiro atoms. The molecule has 106 valence electrons. The van der Waals surface area contributed by atoms with Crippen molar-refractivity contribution >= 4 is 22.5 Å². The molecule has 20 heavy (non-hydrogen) atoms. The van der Waals surface area contributed by atoms with Gasteiger partial charge in [-0.3, -0.25) is 9.78 Å². The number of anilines is 1. The smallest absolute Gasteiger partial charge is 0.225 e. The molecule has 1 unspecified atom stereocenters. The summed E-state index contributed by atoms with van der Waals surface area (Å²) in [5, 5.41) is 7.23. The number of fused-ring (bicyclic) bond motifs is 1. The van der Waals surface area contributed by atoms with E-state index in [1.807, 2.05) is 51.1 Å². The van der Waals surface area contributed by atoms with Crippen LogP contribution in [-0.4, -0.2) is 23.5 Å². The second-order valence-electron chi connectivity index (χ2n) is 5.04. The second kappa shape index (κ2) is 6.48. The molecule has 0 saturated heterocycles. The van der Waals surface area contributed by atoms with Gasteiger partial charge in [0.2, 0.25) is 5.91 Å². The van der Waals surface area contributed by atoms with E-state index in [0.717, 1.165) is 28.8 Å². The van der Waals surface area contributed by atoms with Crippen molar-refractivity contribution in [1.29, 1.82) is 0 Å². The molecular formula is C16H21N3O. The Kier molecular flexibility index (Phi) is 4.69. The molecule has 0 saturated carbocycles. The molecule has 4 nitrogen and oxygen atoms in total. The van der Waals surface area contributed by atoms with Crippen LogP contribution in [0.15, 0.2) is 30.3 Å². The number of amides is 1. The van der Waals surface area contributed by atoms with Gasteiger partial charge in [-0.25, -0.2) is 0 Å². The zero-order chi connectivity index (χ0) is 14.5. The minimum Gasteiger partial charge on any atom is -0.324 e. The highest BCUT2D eigenvalue weighted by Crippen LogP contribution is 2.21. The van der Waals surface area contributed by atoms with Gasteiger partial charge in [0.25, 0.3) is 0 Å². The van der Waals surface area contributed by atoms with Gasteiger partial charge in [0.1, 0.15) is 0 Å². The molecule has 2 aromatic rings. The molecule has 0 radical (unpaired) electrons. The fourth-order valence-electron chi connectivity index (χ4n) is 2.25. The van der Waals surface area contributed by atoms with Crippen LogP contribution < -0.4 is 10.6 Å². The predicted octanol–water partition coefficient (Wildman–Crippen LogP) is 2.87. The number of carbonyl (C=O) groups is 1. The van der Waals surface area contributed by atoms with Gasteiger partial charge in [-0.05, 0) is 32.5 Å². The first kappa shape index (κ1) is 14.5. The monoisotopic (exact) mass is 271 g/mol. The van der Waals surface area contributed by atoms with E-state index in [9.17, 15) is 4.79 Å². The Morgan fingerprint density at radius 1 is 1.30 bits per heavy atom. The lowest BCUT2D eigenvalue weighted by Crippen LogP contribution is -2.30. The summed E-state index contributed by atoms with van der Waals surface area (Å²) in [4.78, 5) is 16.6. The third-order valence-electron chi connectivity index (χ3n) is 3.18. The van der Waals surface area contributed by atoms with E-state index in [-0.39, 0.29) is 11.9 Å². The van der Waals surface area contributed by atoms with Crippen molar-refractivity contribution < 1.29 is 4.79 Å². The van der Waals surface area contributed by atoms with Crippen molar-refractivity contribution in [3.05, 3.63) is 36.0 Å². The van der Waals surface area contributed by atoms with Gasteiger partial charge in [-0.1, -0.05) is 25.1 Å². The van der Waals surface area contributed by atoms with Gasteiger partial charge >= 0.3 is 0 Å². The van der Waals surface area contributed by atoms with E-state index in [4.69, 9.17) is 0 Å². The van der Waals surface area contributed by atoms with E-state index in [1.165, 1.54) is 0 Å². The highest BCUT2D eigenvalue weighted by molar-refractivity contribution is 6.00. The van der Waals surface area contributed by atoms with Gasteiger partial charge in [0, 0.05) is 23.5 Å². The lowest BCUT2D eigenvalue weighted by Gasteiger charge is -2.13. The first-order valence-electron chi connectivity index (χ1n) is 6.99. The van der Waals surface area contributed by atoms with Crippen molar-refractivity contribution in [3.63, 3.8) is 0 Å². The number of hydrogen-bond acceptors (Lipinski definition) is 3. The number of nitrogens with zero attached hydrogens (tertiary/aromatic N) is 1. The number of rotatable bonds is 5. The van der Waals surface area contributed by atoms with Crippen LogP contribution in [0.25, 0.3) is 10.9 Å². The number of pyridine rings is 1. The average molecular weight is 271 g/mol. The van der Waals surface area contributed by atoms with Crippen molar-refractivity contribution in [2.24, 2.45) is 0 Å². The Morgan fingerprint density at radius 3 is 2.85 bits per heavy atom.